The van der Waals surface area contributed by atoms with Crippen molar-refractivity contribution in [3.8, 4) is 0 Å². The summed E-state index contributed by atoms with van der Waals surface area (Å²) in [5, 5.41) is 0.567. The highest BCUT2D eigenvalue weighted by Gasteiger charge is 2.18. The topological polar surface area (TPSA) is 72.0 Å². The predicted octanol–water partition coefficient (Wildman–Crippen LogP) is 1.36. The number of fused-ring (bicyclic) bond motifs is 1. The van der Waals surface area contributed by atoms with Gasteiger partial charge in [0.1, 0.15) is 15.9 Å². The van der Waals surface area contributed by atoms with E-state index in [2.05, 4.69) is 29.4 Å². The van der Waals surface area contributed by atoms with Crippen LogP contribution in [0.3, 0.4) is 0 Å². The molecule has 5 nitrogen and oxygen atoms in total. The van der Waals surface area contributed by atoms with E-state index in [4.69, 9.17) is 0 Å². The second-order valence-electron chi connectivity index (χ2n) is 2.97. The Morgan fingerprint density at radius 2 is 2.19 bits per heavy atom. The summed E-state index contributed by atoms with van der Waals surface area (Å²) in [6, 6.07) is 4.93. The van der Waals surface area contributed by atoms with Crippen LogP contribution in [0.5, 0.6) is 0 Å². The molecule has 1 N–H and O–H groups in total. The molecule has 2 rings (SSSR count). The van der Waals surface area contributed by atoms with Gasteiger partial charge in [0, 0.05) is 11.9 Å². The van der Waals surface area contributed by atoms with E-state index in [1.54, 1.807) is 12.1 Å². The number of hydrogen-bond donors (Lipinski definition) is 1. The van der Waals surface area contributed by atoms with Crippen LogP contribution in [0.2, 0.25) is 0 Å². The summed E-state index contributed by atoms with van der Waals surface area (Å²) in [4.78, 5) is 0.180. The number of halogens is 1. The molecule has 86 valence electrons. The maximum atomic E-state index is 11.9. The molecule has 0 amide bonds. The molecule has 0 aliphatic heterocycles. The highest BCUT2D eigenvalue weighted by Crippen LogP contribution is 2.20. The molecule has 1 aromatic heterocycles. The summed E-state index contributed by atoms with van der Waals surface area (Å²) in [5.41, 5.74) is 1.03. The van der Waals surface area contributed by atoms with Gasteiger partial charge in [0.2, 0.25) is 10.0 Å². The van der Waals surface area contributed by atoms with Crippen molar-refractivity contribution >= 4 is 48.7 Å². The highest BCUT2D eigenvalue weighted by molar-refractivity contribution is 9.09. The first-order valence-corrected chi connectivity index (χ1v) is 7.75. The molecule has 1 aromatic carbocycles. The van der Waals surface area contributed by atoms with Gasteiger partial charge < -0.3 is 0 Å². The summed E-state index contributed by atoms with van der Waals surface area (Å²) >= 11 is 4.17. The van der Waals surface area contributed by atoms with Gasteiger partial charge in [-0.1, -0.05) is 22.0 Å². The Bertz CT molecular complexity index is 596. The third kappa shape index (κ3) is 2.24. The summed E-state index contributed by atoms with van der Waals surface area (Å²) in [6.07, 6.45) is 0. The molecule has 16 heavy (non-hydrogen) atoms. The third-order valence-electron chi connectivity index (χ3n) is 1.93. The normalized spacial score (nSPS) is 12.1. The fourth-order valence-corrected chi connectivity index (χ4v) is 3.51. The molecule has 0 radical (unpaired) electrons. The first-order valence-electron chi connectivity index (χ1n) is 4.42. The lowest BCUT2D eigenvalue weighted by Gasteiger charge is -2.04. The lowest BCUT2D eigenvalue weighted by Crippen LogP contribution is -2.25. The zero-order valence-electron chi connectivity index (χ0n) is 8.05. The van der Waals surface area contributed by atoms with Crippen LogP contribution in [0.25, 0.3) is 11.0 Å². The molecule has 0 bridgehead atoms. The van der Waals surface area contributed by atoms with Crippen molar-refractivity contribution in [2.45, 2.75) is 4.90 Å². The SMILES string of the molecule is O=S(=O)(NCCBr)c1cccc2nsnc12. The molecule has 0 fully saturated rings. The van der Waals surface area contributed by atoms with Gasteiger partial charge in [0.25, 0.3) is 0 Å². The Morgan fingerprint density at radius 1 is 1.38 bits per heavy atom. The Balaban J connectivity index is 2.50. The van der Waals surface area contributed by atoms with Gasteiger partial charge >= 0.3 is 0 Å². The molecule has 0 saturated carbocycles. The van der Waals surface area contributed by atoms with E-state index >= 15 is 0 Å². The fourth-order valence-electron chi connectivity index (χ4n) is 1.25. The van der Waals surface area contributed by atoms with E-state index in [9.17, 15) is 8.42 Å². The third-order valence-corrected chi connectivity index (χ3v) is 4.36. The van der Waals surface area contributed by atoms with E-state index in [1.165, 1.54) is 6.07 Å². The van der Waals surface area contributed by atoms with Crippen LogP contribution in [0, 0.1) is 0 Å². The Hall–Kier alpha value is -0.570. The minimum atomic E-state index is -3.49. The van der Waals surface area contributed by atoms with Crippen LogP contribution in [-0.4, -0.2) is 29.0 Å². The first kappa shape index (κ1) is 11.9. The minimum absolute atomic E-state index is 0.180. The maximum absolute atomic E-state index is 11.9. The van der Waals surface area contributed by atoms with Gasteiger partial charge in [-0.15, -0.1) is 0 Å². The second-order valence-corrected chi connectivity index (χ2v) is 6.03. The van der Waals surface area contributed by atoms with Crippen molar-refractivity contribution in [1.29, 1.82) is 0 Å². The van der Waals surface area contributed by atoms with Crippen LogP contribution in [0.15, 0.2) is 23.1 Å². The molecule has 1 heterocycles. The molecule has 2 aromatic rings. The lowest BCUT2D eigenvalue weighted by molar-refractivity contribution is 0.585. The number of sulfonamides is 1. The van der Waals surface area contributed by atoms with E-state index < -0.39 is 10.0 Å². The molecule has 0 unspecified atom stereocenters. The Labute approximate surface area is 105 Å². The van der Waals surface area contributed by atoms with Crippen LogP contribution in [0.1, 0.15) is 0 Å². The smallest absolute Gasteiger partial charge is 0.210 e. The molecule has 0 saturated heterocycles. The lowest BCUT2D eigenvalue weighted by atomic mass is 10.3. The maximum Gasteiger partial charge on any atom is 0.242 e. The van der Waals surface area contributed by atoms with Gasteiger partial charge in [-0.2, -0.15) is 8.75 Å². The first-order chi connectivity index (χ1) is 7.65. The molecule has 0 aliphatic rings. The van der Waals surface area contributed by atoms with Crippen LogP contribution < -0.4 is 4.72 Å². The zero-order valence-corrected chi connectivity index (χ0v) is 11.3. The summed E-state index contributed by atoms with van der Waals surface area (Å²) < 4.78 is 34.3. The van der Waals surface area contributed by atoms with Crippen molar-refractivity contribution < 1.29 is 8.42 Å². The largest absolute Gasteiger partial charge is 0.242 e. The average molecular weight is 322 g/mol. The average Bonchev–Trinajstić information content (AvgIpc) is 2.73. The quantitative estimate of drug-likeness (QED) is 0.863. The molecule has 8 heteroatoms. The molecule has 0 spiro atoms. The zero-order chi connectivity index (χ0) is 11.6. The van der Waals surface area contributed by atoms with Gasteiger partial charge in [-0.05, 0) is 12.1 Å². The van der Waals surface area contributed by atoms with Crippen molar-refractivity contribution in [3.05, 3.63) is 18.2 Å². The number of benzene rings is 1. The number of alkyl halides is 1. The number of nitrogens with zero attached hydrogens (tertiary/aromatic N) is 2. The molecule has 0 atom stereocenters. The van der Waals surface area contributed by atoms with Crippen LogP contribution >= 0.6 is 27.7 Å². The van der Waals surface area contributed by atoms with E-state index in [1.807, 2.05) is 0 Å². The van der Waals surface area contributed by atoms with E-state index in [0.717, 1.165) is 11.7 Å². The second kappa shape index (κ2) is 4.74. The summed E-state index contributed by atoms with van der Waals surface area (Å²) in [7, 11) is -3.49. The summed E-state index contributed by atoms with van der Waals surface area (Å²) in [6.45, 7) is 0.344. The number of nitrogens with one attached hydrogen (secondary N) is 1. The van der Waals surface area contributed by atoms with Crippen LogP contribution in [0.4, 0.5) is 0 Å². The number of rotatable bonds is 4. The summed E-state index contributed by atoms with van der Waals surface area (Å²) in [5.74, 6) is 0. The Morgan fingerprint density at radius 3 is 2.94 bits per heavy atom. The van der Waals surface area contributed by atoms with Gasteiger partial charge in [0.05, 0.1) is 11.7 Å². The molecular formula is C8H8BrN3O2S2. The number of aromatic nitrogens is 2. The van der Waals surface area contributed by atoms with Gasteiger partial charge in [0.15, 0.2) is 0 Å². The predicted molar refractivity (Wildman–Crippen MR) is 66.4 cm³/mol. The van der Waals surface area contributed by atoms with Crippen LogP contribution in [-0.2, 0) is 10.0 Å². The number of hydrogen-bond acceptors (Lipinski definition) is 5. The van der Waals surface area contributed by atoms with Crippen molar-refractivity contribution in [1.82, 2.24) is 13.5 Å². The molecular weight excluding hydrogens is 314 g/mol. The van der Waals surface area contributed by atoms with Crippen molar-refractivity contribution in [2.75, 3.05) is 11.9 Å². The standard InChI is InChI=1S/C8H8BrN3O2S2/c9-4-5-10-16(13,14)7-3-1-2-6-8(7)12-15-11-6/h1-3,10H,4-5H2. The van der Waals surface area contributed by atoms with E-state index in [-0.39, 0.29) is 4.90 Å². The highest BCUT2D eigenvalue weighted by atomic mass is 79.9. The van der Waals surface area contributed by atoms with Crippen molar-refractivity contribution in [3.63, 3.8) is 0 Å². The fraction of sp³-hybridized carbons (Fsp3) is 0.250. The molecule has 0 aliphatic carbocycles. The monoisotopic (exact) mass is 321 g/mol. The van der Waals surface area contributed by atoms with E-state index in [0.29, 0.717) is 22.9 Å². The van der Waals surface area contributed by atoms with Crippen molar-refractivity contribution in [2.24, 2.45) is 0 Å². The minimum Gasteiger partial charge on any atom is -0.210 e. The van der Waals surface area contributed by atoms with Gasteiger partial charge in [-0.3, -0.25) is 0 Å². The van der Waals surface area contributed by atoms with Gasteiger partial charge in [-0.25, -0.2) is 13.1 Å². The Kier molecular flexibility index (Phi) is 3.53.